The van der Waals surface area contributed by atoms with Crippen molar-refractivity contribution in [1.29, 1.82) is 0 Å². The molecule has 1 atom stereocenters. The predicted octanol–water partition coefficient (Wildman–Crippen LogP) is 2.87. The van der Waals surface area contributed by atoms with Crippen molar-refractivity contribution in [3.05, 3.63) is 53.1 Å². The lowest BCUT2D eigenvalue weighted by atomic mass is 9.71. The number of hydrogen-bond donors (Lipinski definition) is 2. The first-order valence-corrected chi connectivity index (χ1v) is 7.96. The van der Waals surface area contributed by atoms with Gasteiger partial charge in [-0.2, -0.15) is 0 Å². The SMILES string of the molecule is C=CC(C)(CCC=C(C)C)C1=C([O-])c2c(O)cc(O)cc2C(=O)C1=O. The highest BCUT2D eigenvalue weighted by Gasteiger charge is 2.39. The van der Waals surface area contributed by atoms with Gasteiger partial charge in [0.1, 0.15) is 11.5 Å². The van der Waals surface area contributed by atoms with E-state index in [1.807, 2.05) is 19.9 Å². The number of phenols is 2. The van der Waals surface area contributed by atoms with Gasteiger partial charge in [-0.25, -0.2) is 0 Å². The van der Waals surface area contributed by atoms with Gasteiger partial charge in [0.05, 0.1) is 0 Å². The minimum Gasteiger partial charge on any atom is -0.872 e. The van der Waals surface area contributed by atoms with Crippen molar-refractivity contribution in [3.8, 4) is 11.5 Å². The van der Waals surface area contributed by atoms with E-state index in [2.05, 4.69) is 6.58 Å². The molecular formula is C20H21O5-. The predicted molar refractivity (Wildman–Crippen MR) is 93.0 cm³/mol. The van der Waals surface area contributed by atoms with E-state index in [4.69, 9.17) is 0 Å². The highest BCUT2D eigenvalue weighted by Crippen LogP contribution is 2.44. The summed E-state index contributed by atoms with van der Waals surface area (Å²) in [7, 11) is 0. The van der Waals surface area contributed by atoms with Crippen LogP contribution in [0.1, 0.15) is 49.5 Å². The molecule has 5 nitrogen and oxygen atoms in total. The molecule has 1 aliphatic rings. The minimum absolute atomic E-state index is 0.192. The van der Waals surface area contributed by atoms with Crippen LogP contribution in [0.5, 0.6) is 11.5 Å². The summed E-state index contributed by atoms with van der Waals surface area (Å²) in [5.74, 6) is -3.43. The fourth-order valence-corrected chi connectivity index (χ4v) is 3.00. The Balaban J connectivity index is 2.65. The van der Waals surface area contributed by atoms with Crippen LogP contribution >= 0.6 is 0 Å². The maximum Gasteiger partial charge on any atom is 0.234 e. The zero-order chi connectivity index (χ0) is 18.9. The molecule has 0 amide bonds. The molecule has 1 aromatic carbocycles. The van der Waals surface area contributed by atoms with Gasteiger partial charge in [-0.15, -0.1) is 6.58 Å². The van der Waals surface area contributed by atoms with Gasteiger partial charge in [0.25, 0.3) is 0 Å². The fourth-order valence-electron chi connectivity index (χ4n) is 3.00. The van der Waals surface area contributed by atoms with Crippen LogP contribution in [0.2, 0.25) is 0 Å². The van der Waals surface area contributed by atoms with E-state index in [0.29, 0.717) is 12.8 Å². The molecule has 25 heavy (non-hydrogen) atoms. The van der Waals surface area contributed by atoms with Crippen molar-refractivity contribution in [3.63, 3.8) is 0 Å². The van der Waals surface area contributed by atoms with E-state index < -0.39 is 28.5 Å². The van der Waals surface area contributed by atoms with Gasteiger partial charge in [-0.1, -0.05) is 30.4 Å². The summed E-state index contributed by atoms with van der Waals surface area (Å²) in [5.41, 5.74) is -0.604. The number of allylic oxidation sites excluding steroid dienone is 4. The molecule has 1 aromatic rings. The average Bonchev–Trinajstić information content (AvgIpc) is 2.51. The molecule has 2 N–H and O–H groups in total. The first kappa shape index (κ1) is 18.5. The third-order valence-electron chi connectivity index (χ3n) is 4.47. The third kappa shape index (κ3) is 3.22. The van der Waals surface area contributed by atoms with Crippen LogP contribution in [0, 0.1) is 5.41 Å². The van der Waals surface area contributed by atoms with Crippen molar-refractivity contribution in [2.75, 3.05) is 0 Å². The molecule has 1 unspecified atom stereocenters. The molecule has 5 heteroatoms. The van der Waals surface area contributed by atoms with E-state index in [1.165, 1.54) is 6.08 Å². The zero-order valence-corrected chi connectivity index (χ0v) is 14.5. The van der Waals surface area contributed by atoms with E-state index in [0.717, 1.165) is 17.7 Å². The molecule has 0 aliphatic heterocycles. The number of phenolic OH excluding ortho intramolecular Hbond substituents is 2. The van der Waals surface area contributed by atoms with Crippen LogP contribution in [-0.4, -0.2) is 21.8 Å². The van der Waals surface area contributed by atoms with Gasteiger partial charge >= 0.3 is 0 Å². The Morgan fingerprint density at radius 1 is 1.24 bits per heavy atom. The lowest BCUT2D eigenvalue weighted by Gasteiger charge is -2.36. The van der Waals surface area contributed by atoms with Crippen LogP contribution in [0.3, 0.4) is 0 Å². The molecule has 2 rings (SSSR count). The van der Waals surface area contributed by atoms with E-state index >= 15 is 0 Å². The summed E-state index contributed by atoms with van der Waals surface area (Å²) >= 11 is 0. The molecule has 0 fully saturated rings. The summed E-state index contributed by atoms with van der Waals surface area (Å²) in [6.45, 7) is 9.30. The van der Waals surface area contributed by atoms with Gasteiger partial charge in [0.15, 0.2) is 0 Å². The Hall–Kier alpha value is -2.82. The van der Waals surface area contributed by atoms with Crippen LogP contribution in [0.15, 0.2) is 42.0 Å². The number of aromatic hydroxyl groups is 2. The van der Waals surface area contributed by atoms with Crippen molar-refractivity contribution in [2.45, 2.75) is 33.6 Å². The number of Topliss-reactive ketones (excluding diaryl/α,β-unsaturated/α-hetero) is 2. The second-order valence-corrected chi connectivity index (χ2v) is 6.69. The lowest BCUT2D eigenvalue weighted by Crippen LogP contribution is -2.35. The van der Waals surface area contributed by atoms with Crippen molar-refractivity contribution in [1.82, 2.24) is 0 Å². The van der Waals surface area contributed by atoms with E-state index in [-0.39, 0.29) is 22.4 Å². The highest BCUT2D eigenvalue weighted by atomic mass is 16.3. The summed E-state index contributed by atoms with van der Waals surface area (Å²) in [4.78, 5) is 25.0. The lowest BCUT2D eigenvalue weighted by molar-refractivity contribution is -0.245. The monoisotopic (exact) mass is 341 g/mol. The Labute approximate surface area is 146 Å². The van der Waals surface area contributed by atoms with Crippen LogP contribution in [0.25, 0.3) is 5.76 Å². The Bertz CT molecular complexity index is 825. The molecule has 0 spiro atoms. The Morgan fingerprint density at radius 3 is 2.44 bits per heavy atom. The average molecular weight is 341 g/mol. The first-order chi connectivity index (χ1) is 11.6. The molecule has 0 saturated heterocycles. The Morgan fingerprint density at radius 2 is 1.88 bits per heavy atom. The van der Waals surface area contributed by atoms with Crippen LogP contribution in [0.4, 0.5) is 0 Å². The number of ketones is 2. The summed E-state index contributed by atoms with van der Waals surface area (Å²) in [6.07, 6.45) is 4.51. The third-order valence-corrected chi connectivity index (χ3v) is 4.47. The molecule has 0 radical (unpaired) electrons. The summed E-state index contributed by atoms with van der Waals surface area (Å²) in [5, 5.41) is 32.5. The van der Waals surface area contributed by atoms with Gasteiger partial charge < -0.3 is 15.3 Å². The summed E-state index contributed by atoms with van der Waals surface area (Å²) in [6, 6.07) is 2.00. The number of benzene rings is 1. The molecule has 132 valence electrons. The minimum atomic E-state index is -1.00. The molecule has 0 heterocycles. The molecule has 1 aliphatic carbocycles. The van der Waals surface area contributed by atoms with Gasteiger partial charge in [-0.3, -0.25) is 9.59 Å². The molecule has 0 saturated carbocycles. The number of hydrogen-bond acceptors (Lipinski definition) is 5. The number of carbonyl (C=O) groups is 2. The molecular weight excluding hydrogens is 320 g/mol. The van der Waals surface area contributed by atoms with E-state index in [1.54, 1.807) is 6.92 Å². The number of rotatable bonds is 5. The maximum absolute atomic E-state index is 12.9. The van der Waals surface area contributed by atoms with Gasteiger partial charge in [0.2, 0.25) is 11.6 Å². The smallest absolute Gasteiger partial charge is 0.234 e. The summed E-state index contributed by atoms with van der Waals surface area (Å²) < 4.78 is 0. The highest BCUT2D eigenvalue weighted by molar-refractivity contribution is 6.52. The molecule has 0 aromatic heterocycles. The second kappa shape index (κ2) is 6.59. The Kier molecular flexibility index (Phi) is 4.88. The fraction of sp³-hybridized carbons (Fsp3) is 0.300. The number of fused-ring (bicyclic) bond motifs is 1. The van der Waals surface area contributed by atoms with Crippen LogP contribution < -0.4 is 5.11 Å². The topological polar surface area (TPSA) is 97.7 Å². The van der Waals surface area contributed by atoms with Crippen molar-refractivity contribution < 1.29 is 24.9 Å². The van der Waals surface area contributed by atoms with Crippen molar-refractivity contribution in [2.24, 2.45) is 5.41 Å². The first-order valence-electron chi connectivity index (χ1n) is 7.96. The van der Waals surface area contributed by atoms with Crippen molar-refractivity contribution >= 4 is 17.3 Å². The van der Waals surface area contributed by atoms with Crippen LogP contribution in [-0.2, 0) is 4.79 Å². The standard InChI is InChI=1S/C20H22O5/c1-5-20(4,8-6-7-11(2)3)16-18(24)15-13(17(23)19(16)25)9-12(21)10-14(15)22/h5,7,9-10,21-22,24H,1,6,8H2,2-4H3/p-1. The second-order valence-electron chi connectivity index (χ2n) is 6.69. The van der Waals surface area contributed by atoms with E-state index in [9.17, 15) is 24.9 Å². The molecule has 0 bridgehead atoms. The zero-order valence-electron chi connectivity index (χ0n) is 14.5. The van der Waals surface area contributed by atoms with Gasteiger partial charge in [-0.05, 0) is 32.8 Å². The quantitative estimate of drug-likeness (QED) is 0.634. The van der Waals surface area contributed by atoms with Gasteiger partial charge in [0, 0.05) is 28.2 Å². The number of carbonyl (C=O) groups excluding carboxylic acids is 2. The normalized spacial score (nSPS) is 16.3. The largest absolute Gasteiger partial charge is 0.872 e. The maximum atomic E-state index is 12.9.